The molecule has 0 amide bonds. The van der Waals surface area contributed by atoms with E-state index in [1.165, 1.54) is 19.3 Å². The van der Waals surface area contributed by atoms with Crippen molar-refractivity contribution < 1.29 is 22.7 Å². The van der Waals surface area contributed by atoms with Gasteiger partial charge in [0, 0.05) is 25.4 Å². The summed E-state index contributed by atoms with van der Waals surface area (Å²) in [6, 6.07) is 12.5. The van der Waals surface area contributed by atoms with Crippen LogP contribution in [-0.2, 0) is 22.3 Å². The molecule has 0 saturated heterocycles. The number of halogens is 3. The van der Waals surface area contributed by atoms with Crippen molar-refractivity contribution in [3.8, 4) is 0 Å². The number of carbonyl (C=O) groups excluding carboxylic acids is 1. The van der Waals surface area contributed by atoms with Gasteiger partial charge in [0.2, 0.25) is 0 Å². The quantitative estimate of drug-likeness (QED) is 0.587. The number of nitrogens with zero attached hydrogens (tertiary/aromatic N) is 1. The largest absolute Gasteiger partial charge is 0.466 e. The average Bonchev–Trinajstić information content (AvgIpc) is 2.59. The van der Waals surface area contributed by atoms with Gasteiger partial charge in [-0.05, 0) is 35.4 Å². The second-order valence-electron chi connectivity index (χ2n) is 5.47. The summed E-state index contributed by atoms with van der Waals surface area (Å²) in [5.74, 6) is -0.477. The highest BCUT2D eigenvalue weighted by Crippen LogP contribution is 2.30. The number of rotatable bonds is 5. The second-order valence-corrected chi connectivity index (χ2v) is 5.47. The smallest absolute Gasteiger partial charge is 0.416 e. The predicted octanol–water partition coefficient (Wildman–Crippen LogP) is 4.53. The summed E-state index contributed by atoms with van der Waals surface area (Å²) >= 11 is 0. The molecule has 0 radical (unpaired) electrons. The van der Waals surface area contributed by atoms with Crippen LogP contribution >= 0.6 is 0 Å². The Morgan fingerprint density at radius 1 is 1.16 bits per heavy atom. The molecule has 0 atom stereocenters. The Hall–Kier alpha value is -2.76. The fourth-order valence-electron chi connectivity index (χ4n) is 2.41. The van der Waals surface area contributed by atoms with Gasteiger partial charge in [-0.3, -0.25) is 0 Å². The number of para-hydroxylation sites is 1. The lowest BCUT2D eigenvalue weighted by Gasteiger charge is -2.22. The van der Waals surface area contributed by atoms with Crippen LogP contribution in [0.1, 0.15) is 16.7 Å². The first-order valence-corrected chi connectivity index (χ1v) is 7.53. The van der Waals surface area contributed by atoms with E-state index in [0.29, 0.717) is 12.1 Å². The van der Waals surface area contributed by atoms with Crippen molar-refractivity contribution in [3.63, 3.8) is 0 Å². The highest BCUT2D eigenvalue weighted by Gasteiger charge is 2.30. The topological polar surface area (TPSA) is 29.5 Å². The number of methoxy groups -OCH3 is 1. The molecule has 25 heavy (non-hydrogen) atoms. The number of ether oxygens (including phenoxy) is 1. The van der Waals surface area contributed by atoms with Gasteiger partial charge in [0.1, 0.15) is 0 Å². The van der Waals surface area contributed by atoms with Crippen LogP contribution in [0.15, 0.2) is 54.6 Å². The first-order valence-electron chi connectivity index (χ1n) is 7.53. The normalized spacial score (nSPS) is 11.6. The molecule has 0 unspecified atom stereocenters. The molecule has 3 nitrogen and oxygen atoms in total. The van der Waals surface area contributed by atoms with Crippen molar-refractivity contribution >= 4 is 17.7 Å². The molecule has 132 valence electrons. The van der Waals surface area contributed by atoms with E-state index >= 15 is 0 Å². The monoisotopic (exact) mass is 349 g/mol. The Morgan fingerprint density at radius 2 is 1.88 bits per heavy atom. The third kappa shape index (κ3) is 5.11. The third-order valence-corrected chi connectivity index (χ3v) is 3.62. The number of carbonyl (C=O) groups is 1. The van der Waals surface area contributed by atoms with Crippen LogP contribution in [0.5, 0.6) is 0 Å². The van der Waals surface area contributed by atoms with Gasteiger partial charge in [0.25, 0.3) is 0 Å². The van der Waals surface area contributed by atoms with Crippen LogP contribution in [0.4, 0.5) is 18.9 Å². The minimum Gasteiger partial charge on any atom is -0.466 e. The van der Waals surface area contributed by atoms with Crippen molar-refractivity contribution in [1.29, 1.82) is 0 Å². The molecular formula is C19H18F3NO2. The molecule has 0 fully saturated rings. The van der Waals surface area contributed by atoms with Crippen LogP contribution in [-0.4, -0.2) is 20.1 Å². The molecule has 0 aromatic heterocycles. The summed E-state index contributed by atoms with van der Waals surface area (Å²) < 4.78 is 43.1. The van der Waals surface area contributed by atoms with Gasteiger partial charge in [0.15, 0.2) is 0 Å². The van der Waals surface area contributed by atoms with Crippen molar-refractivity contribution in [1.82, 2.24) is 0 Å². The highest BCUT2D eigenvalue weighted by atomic mass is 19.4. The summed E-state index contributed by atoms with van der Waals surface area (Å²) in [6.45, 7) is 0.299. The standard InChI is InChI=1S/C19H18F3NO2/c1-23(13-14-6-5-8-16(12-14)19(20,21)22)17-9-4-3-7-15(17)10-11-18(24)25-2/h3-12H,13H2,1-2H3. The average molecular weight is 349 g/mol. The molecule has 2 aromatic carbocycles. The van der Waals surface area contributed by atoms with Crippen LogP contribution in [0.2, 0.25) is 0 Å². The van der Waals surface area contributed by atoms with Gasteiger partial charge in [-0.2, -0.15) is 13.2 Å². The van der Waals surface area contributed by atoms with Crippen molar-refractivity contribution in [2.45, 2.75) is 12.7 Å². The van der Waals surface area contributed by atoms with Gasteiger partial charge in [-0.15, -0.1) is 0 Å². The molecule has 0 aliphatic heterocycles. The van der Waals surface area contributed by atoms with E-state index in [4.69, 9.17) is 0 Å². The van der Waals surface area contributed by atoms with Crippen molar-refractivity contribution in [2.24, 2.45) is 0 Å². The molecule has 2 aromatic rings. The SMILES string of the molecule is COC(=O)C=Cc1ccccc1N(C)Cc1cccc(C(F)(F)F)c1. The highest BCUT2D eigenvalue weighted by molar-refractivity contribution is 5.88. The first-order chi connectivity index (χ1) is 11.8. The van der Waals surface area contributed by atoms with E-state index < -0.39 is 17.7 Å². The molecule has 0 aliphatic rings. The molecular weight excluding hydrogens is 331 g/mol. The Bertz CT molecular complexity index is 769. The van der Waals surface area contributed by atoms with E-state index in [1.54, 1.807) is 19.2 Å². The lowest BCUT2D eigenvalue weighted by molar-refractivity contribution is -0.137. The number of esters is 1. The zero-order chi connectivity index (χ0) is 18.4. The van der Waals surface area contributed by atoms with E-state index in [0.717, 1.165) is 23.4 Å². The zero-order valence-electron chi connectivity index (χ0n) is 13.9. The molecule has 0 spiro atoms. The van der Waals surface area contributed by atoms with Gasteiger partial charge in [0.05, 0.1) is 12.7 Å². The van der Waals surface area contributed by atoms with Gasteiger partial charge in [-0.1, -0.05) is 30.3 Å². The van der Waals surface area contributed by atoms with E-state index in [2.05, 4.69) is 4.74 Å². The summed E-state index contributed by atoms with van der Waals surface area (Å²) in [4.78, 5) is 13.1. The predicted molar refractivity (Wildman–Crippen MR) is 91.0 cm³/mol. The summed E-state index contributed by atoms with van der Waals surface area (Å²) in [5, 5.41) is 0. The molecule has 0 heterocycles. The third-order valence-electron chi connectivity index (χ3n) is 3.62. The molecule has 0 N–H and O–H groups in total. The van der Waals surface area contributed by atoms with Crippen molar-refractivity contribution in [3.05, 3.63) is 71.3 Å². The fourth-order valence-corrected chi connectivity index (χ4v) is 2.41. The number of hydrogen-bond donors (Lipinski definition) is 0. The van der Waals surface area contributed by atoms with E-state index in [1.807, 2.05) is 29.2 Å². The lowest BCUT2D eigenvalue weighted by Crippen LogP contribution is -2.18. The maximum Gasteiger partial charge on any atom is 0.416 e. The summed E-state index contributed by atoms with van der Waals surface area (Å²) in [5.41, 5.74) is 1.43. The Kier molecular flexibility index (Phi) is 5.85. The Labute approximate surface area is 144 Å². The van der Waals surface area contributed by atoms with Gasteiger partial charge in [-0.25, -0.2) is 4.79 Å². The fraction of sp³-hybridized carbons (Fsp3) is 0.211. The minimum absolute atomic E-state index is 0.299. The first kappa shape index (κ1) is 18.6. The molecule has 6 heteroatoms. The Balaban J connectivity index is 2.23. The number of alkyl halides is 3. The maximum absolute atomic E-state index is 12.8. The van der Waals surface area contributed by atoms with Crippen LogP contribution in [0, 0.1) is 0 Å². The van der Waals surface area contributed by atoms with Crippen LogP contribution < -0.4 is 4.90 Å². The number of anilines is 1. The second kappa shape index (κ2) is 7.88. The Morgan fingerprint density at radius 3 is 2.56 bits per heavy atom. The van der Waals surface area contributed by atoms with Crippen molar-refractivity contribution in [2.75, 3.05) is 19.1 Å². The van der Waals surface area contributed by atoms with Gasteiger partial charge < -0.3 is 9.64 Å². The summed E-state index contributed by atoms with van der Waals surface area (Å²) in [6.07, 6.45) is -1.45. The molecule has 0 aliphatic carbocycles. The minimum atomic E-state index is -4.37. The number of hydrogen-bond acceptors (Lipinski definition) is 3. The lowest BCUT2D eigenvalue weighted by atomic mass is 10.1. The summed E-state index contributed by atoms with van der Waals surface area (Å²) in [7, 11) is 3.07. The van der Waals surface area contributed by atoms with Crippen LogP contribution in [0.25, 0.3) is 6.08 Å². The zero-order valence-corrected chi connectivity index (χ0v) is 13.9. The van der Waals surface area contributed by atoms with E-state index in [9.17, 15) is 18.0 Å². The number of benzene rings is 2. The molecule has 0 saturated carbocycles. The molecule has 2 rings (SSSR count). The van der Waals surface area contributed by atoms with E-state index in [-0.39, 0.29) is 0 Å². The molecule has 0 bridgehead atoms. The maximum atomic E-state index is 12.8. The van der Waals surface area contributed by atoms with Crippen LogP contribution in [0.3, 0.4) is 0 Å². The van der Waals surface area contributed by atoms with Gasteiger partial charge >= 0.3 is 12.1 Å².